The SMILES string of the molecule is N[C@@H](CCC(=O)[O-])C(=O)[O-].N[C@@H](CSSC[C@H](N)C(=O)O)C(=O)O.[K+].[Na+]. The maximum Gasteiger partial charge on any atom is 1.00 e. The smallest absolute Gasteiger partial charge is 0.550 e. The van der Waals surface area contributed by atoms with E-state index < -0.39 is 42.0 Å². The quantitative estimate of drug-likeness (QED) is 0.112. The van der Waals surface area contributed by atoms with Crippen LogP contribution in [0.4, 0.5) is 0 Å². The van der Waals surface area contributed by atoms with Gasteiger partial charge in [0.2, 0.25) is 0 Å². The largest absolute Gasteiger partial charge is 1.00 e. The van der Waals surface area contributed by atoms with Crippen LogP contribution in [0.2, 0.25) is 0 Å². The fourth-order valence-corrected chi connectivity index (χ4v) is 3.00. The summed E-state index contributed by atoms with van der Waals surface area (Å²) in [5.74, 6) is -4.43. The molecule has 0 amide bonds. The first kappa shape index (κ1) is 34.6. The van der Waals surface area contributed by atoms with Gasteiger partial charge in [0.25, 0.3) is 0 Å². The normalized spacial score (nSPS) is 12.7. The van der Waals surface area contributed by atoms with E-state index in [1.54, 1.807) is 0 Å². The predicted octanol–water partition coefficient (Wildman–Crippen LogP) is -10.2. The summed E-state index contributed by atoms with van der Waals surface area (Å²) in [6, 6.07) is -3.06. The third kappa shape index (κ3) is 23.1. The van der Waals surface area contributed by atoms with Crippen LogP contribution in [0.5, 0.6) is 0 Å². The van der Waals surface area contributed by atoms with Crippen molar-refractivity contribution in [2.45, 2.75) is 31.0 Å². The van der Waals surface area contributed by atoms with Crippen LogP contribution in [-0.4, -0.2) is 63.7 Å². The summed E-state index contributed by atoms with van der Waals surface area (Å²) in [5, 5.41) is 36.4. The topological polar surface area (TPSA) is 233 Å². The number of hydrogen-bond acceptors (Lipinski definition) is 11. The molecule has 15 heteroatoms. The van der Waals surface area contributed by atoms with Gasteiger partial charge in [0, 0.05) is 23.5 Å². The zero-order valence-electron chi connectivity index (χ0n) is 14.5. The number of carbonyl (C=O) groups excluding carboxylic acids is 2. The minimum atomic E-state index is -1.44. The van der Waals surface area contributed by atoms with Gasteiger partial charge in [-0.2, -0.15) is 0 Å². The van der Waals surface area contributed by atoms with Gasteiger partial charge >= 0.3 is 92.9 Å². The van der Waals surface area contributed by atoms with Crippen molar-refractivity contribution >= 4 is 45.5 Å². The Morgan fingerprint density at radius 3 is 1.42 bits per heavy atom. The van der Waals surface area contributed by atoms with Crippen molar-refractivity contribution in [1.29, 1.82) is 0 Å². The number of rotatable bonds is 11. The van der Waals surface area contributed by atoms with Crippen LogP contribution in [0.15, 0.2) is 0 Å². The van der Waals surface area contributed by atoms with Crippen LogP contribution >= 0.6 is 21.6 Å². The maximum atomic E-state index is 10.3. The van der Waals surface area contributed by atoms with Crippen molar-refractivity contribution in [3.63, 3.8) is 0 Å². The molecule has 3 atom stereocenters. The number of carboxylic acids is 4. The molecule has 140 valence electrons. The van der Waals surface area contributed by atoms with Crippen LogP contribution in [-0.2, 0) is 19.2 Å². The summed E-state index contributed by atoms with van der Waals surface area (Å²) in [4.78, 5) is 40.1. The Kier molecular flexibility index (Phi) is 27.7. The molecule has 0 spiro atoms. The van der Waals surface area contributed by atoms with E-state index in [1.165, 1.54) is 21.6 Å². The fourth-order valence-electron chi connectivity index (χ4n) is 0.777. The van der Waals surface area contributed by atoms with Gasteiger partial charge in [-0.15, -0.1) is 0 Å². The molecule has 11 nitrogen and oxygen atoms in total. The average molecular weight is 448 g/mol. The zero-order valence-corrected chi connectivity index (χ0v) is 21.2. The minimum Gasteiger partial charge on any atom is -0.550 e. The number of carboxylic acid groups (broad SMARTS) is 4. The van der Waals surface area contributed by atoms with Crippen molar-refractivity contribution in [3.05, 3.63) is 0 Å². The van der Waals surface area contributed by atoms with Crippen molar-refractivity contribution in [2.75, 3.05) is 11.5 Å². The summed E-state index contributed by atoms with van der Waals surface area (Å²) in [5.41, 5.74) is 15.3. The van der Waals surface area contributed by atoms with E-state index in [-0.39, 0.29) is 105 Å². The van der Waals surface area contributed by atoms with Gasteiger partial charge in [-0.3, -0.25) is 9.59 Å². The second-order valence-electron chi connectivity index (χ2n) is 4.29. The summed E-state index contributed by atoms with van der Waals surface area (Å²) in [6.07, 6.45) is -0.500. The van der Waals surface area contributed by atoms with Crippen LogP contribution < -0.4 is 108 Å². The van der Waals surface area contributed by atoms with Crippen molar-refractivity contribution in [3.8, 4) is 0 Å². The van der Waals surface area contributed by atoms with E-state index in [0.29, 0.717) is 0 Å². The molecule has 0 aromatic carbocycles. The number of hydrogen-bond donors (Lipinski definition) is 5. The molecule has 0 aliphatic heterocycles. The molecule has 0 bridgehead atoms. The van der Waals surface area contributed by atoms with Crippen molar-refractivity contribution in [1.82, 2.24) is 0 Å². The Balaban J connectivity index is -0.000000181. The van der Waals surface area contributed by atoms with Gasteiger partial charge in [0.05, 0.1) is 5.97 Å². The van der Waals surface area contributed by atoms with Gasteiger partial charge in [-0.1, -0.05) is 21.6 Å². The molecule has 26 heavy (non-hydrogen) atoms. The molecule has 0 unspecified atom stereocenters. The summed E-state index contributed by atoms with van der Waals surface area (Å²) in [6.45, 7) is 0. The Morgan fingerprint density at radius 2 is 1.19 bits per heavy atom. The minimum absolute atomic E-state index is 0. The molecule has 0 saturated heterocycles. The van der Waals surface area contributed by atoms with Crippen LogP contribution in [0.25, 0.3) is 0 Å². The molecule has 0 aromatic heterocycles. The van der Waals surface area contributed by atoms with Gasteiger partial charge in [-0.05, 0) is 12.8 Å². The Hall–Kier alpha value is 1.10. The Morgan fingerprint density at radius 1 is 0.846 bits per heavy atom. The van der Waals surface area contributed by atoms with Crippen LogP contribution in [0.3, 0.4) is 0 Å². The molecular formula is C11H19KN3NaO8S2. The van der Waals surface area contributed by atoms with Gasteiger partial charge in [-0.25, -0.2) is 0 Å². The first-order valence-electron chi connectivity index (χ1n) is 6.36. The van der Waals surface area contributed by atoms with E-state index >= 15 is 0 Å². The molecule has 0 rings (SSSR count). The Bertz CT molecular complexity index is 428. The van der Waals surface area contributed by atoms with Crippen LogP contribution in [0.1, 0.15) is 12.8 Å². The molecule has 0 aliphatic carbocycles. The zero-order chi connectivity index (χ0) is 19.3. The first-order valence-corrected chi connectivity index (χ1v) is 8.85. The number of aliphatic carboxylic acids is 4. The fraction of sp³-hybridized carbons (Fsp3) is 0.636. The van der Waals surface area contributed by atoms with Crippen molar-refractivity contribution in [2.24, 2.45) is 17.2 Å². The monoisotopic (exact) mass is 447 g/mol. The molecule has 0 fully saturated rings. The predicted molar refractivity (Wildman–Crippen MR) is 83.4 cm³/mol. The van der Waals surface area contributed by atoms with E-state index in [9.17, 15) is 29.4 Å². The van der Waals surface area contributed by atoms with E-state index in [0.717, 1.165) is 0 Å². The number of nitrogens with two attached hydrogens (primary N) is 3. The van der Waals surface area contributed by atoms with Crippen molar-refractivity contribution < 1.29 is 121 Å². The first-order chi connectivity index (χ1) is 11.0. The van der Waals surface area contributed by atoms with Crippen LogP contribution in [0, 0.1) is 0 Å². The van der Waals surface area contributed by atoms with E-state index in [4.69, 9.17) is 27.4 Å². The van der Waals surface area contributed by atoms with E-state index in [1.807, 2.05) is 0 Å². The van der Waals surface area contributed by atoms with Gasteiger partial charge in [0.1, 0.15) is 12.1 Å². The summed E-state index contributed by atoms with van der Waals surface area (Å²) < 4.78 is 0. The second-order valence-corrected chi connectivity index (χ2v) is 6.85. The number of carbonyl (C=O) groups is 4. The molecule has 0 radical (unpaired) electrons. The molecule has 0 saturated carbocycles. The van der Waals surface area contributed by atoms with E-state index in [2.05, 4.69) is 0 Å². The standard InChI is InChI=1S/C6H12N2O4S2.C5H9NO4.K.Na/c7-3(5(9)10)1-13-14-2-4(8)6(11)12;6-3(5(9)10)1-2-4(7)8;;/h3-4H,1-2,7-8H2,(H,9,10)(H,11,12);3H,1-2,6H2,(H,7,8)(H,9,10);;/q;;2*+1/p-2/t3-,4-;3-;;/m00../s1. The van der Waals surface area contributed by atoms with Gasteiger partial charge in [0.15, 0.2) is 0 Å². The molecule has 0 heterocycles. The third-order valence-electron chi connectivity index (χ3n) is 2.18. The summed E-state index contributed by atoms with van der Waals surface area (Å²) >= 11 is 0. The molecule has 0 aromatic rings. The molecular weight excluding hydrogens is 428 g/mol. The maximum absolute atomic E-state index is 10.3. The summed E-state index contributed by atoms with van der Waals surface area (Å²) in [7, 11) is 2.41. The second kappa shape index (κ2) is 20.8. The molecule has 8 N–H and O–H groups in total. The molecule has 0 aliphatic rings. The average Bonchev–Trinajstić information content (AvgIpc) is 2.48. The van der Waals surface area contributed by atoms with Gasteiger partial charge < -0.3 is 47.2 Å². The Labute approximate surface area is 222 Å². The third-order valence-corrected chi connectivity index (χ3v) is 4.65.